The summed E-state index contributed by atoms with van der Waals surface area (Å²) in [6, 6.07) is 2.04. The smallest absolute Gasteiger partial charge is 0.184 e. The highest BCUT2D eigenvalue weighted by Crippen LogP contribution is 2.31. The van der Waals surface area contributed by atoms with Crippen molar-refractivity contribution in [2.75, 3.05) is 13.1 Å². The number of hydrogen-bond acceptors (Lipinski definition) is 5. The number of phenolic OH excluding ortho intramolecular Hbond substituents is 3. The Kier molecular flexibility index (Phi) is 4.13. The number of aromatic hydroxyl groups is 3. The predicted octanol–water partition coefficient (Wildman–Crippen LogP) is 0.986. The van der Waals surface area contributed by atoms with Crippen molar-refractivity contribution in [1.82, 2.24) is 5.32 Å². The lowest BCUT2D eigenvalue weighted by Crippen LogP contribution is -2.23. The molecular weight excluding hydrogens is 210 g/mol. The van der Waals surface area contributed by atoms with Crippen molar-refractivity contribution in [3.8, 4) is 17.2 Å². The third kappa shape index (κ3) is 2.87. The Morgan fingerprint density at radius 3 is 2.31 bits per heavy atom. The standard InChI is InChI=1S/C11H15NO4/c1-2-3-12-6-10(16)11-8(14)4-7(13)5-9(11)15/h4-5,12-15H,2-3,6H2,1H3. The lowest BCUT2D eigenvalue weighted by atomic mass is 10.1. The quantitative estimate of drug-likeness (QED) is 0.443. The van der Waals surface area contributed by atoms with Crippen LogP contribution >= 0.6 is 0 Å². The van der Waals surface area contributed by atoms with E-state index >= 15 is 0 Å². The molecule has 88 valence electrons. The van der Waals surface area contributed by atoms with Crippen LogP contribution in [0.1, 0.15) is 23.7 Å². The van der Waals surface area contributed by atoms with Crippen LogP contribution in [0.15, 0.2) is 12.1 Å². The third-order valence-electron chi connectivity index (χ3n) is 2.07. The Labute approximate surface area is 93.4 Å². The molecular formula is C11H15NO4. The first-order valence-corrected chi connectivity index (χ1v) is 5.05. The zero-order valence-corrected chi connectivity index (χ0v) is 9.03. The molecule has 1 aromatic rings. The third-order valence-corrected chi connectivity index (χ3v) is 2.07. The minimum absolute atomic E-state index is 0.0414. The molecule has 16 heavy (non-hydrogen) atoms. The Bertz CT molecular complexity index is 367. The van der Waals surface area contributed by atoms with Crippen molar-refractivity contribution in [2.45, 2.75) is 13.3 Å². The summed E-state index contributed by atoms with van der Waals surface area (Å²) < 4.78 is 0. The second kappa shape index (κ2) is 5.37. The zero-order valence-electron chi connectivity index (χ0n) is 9.03. The highest BCUT2D eigenvalue weighted by atomic mass is 16.3. The van der Waals surface area contributed by atoms with Gasteiger partial charge in [-0.15, -0.1) is 0 Å². The fourth-order valence-electron chi connectivity index (χ4n) is 1.35. The van der Waals surface area contributed by atoms with Crippen LogP contribution in [0, 0.1) is 0 Å². The normalized spacial score (nSPS) is 10.3. The van der Waals surface area contributed by atoms with Crippen LogP contribution < -0.4 is 5.32 Å². The van der Waals surface area contributed by atoms with Crippen LogP contribution in [0.25, 0.3) is 0 Å². The molecule has 5 heteroatoms. The summed E-state index contributed by atoms with van der Waals surface area (Å²) >= 11 is 0. The molecule has 0 aliphatic carbocycles. The molecule has 0 bridgehead atoms. The fraction of sp³-hybridized carbons (Fsp3) is 0.364. The van der Waals surface area contributed by atoms with Gasteiger partial charge in [0.05, 0.1) is 6.54 Å². The van der Waals surface area contributed by atoms with Crippen molar-refractivity contribution >= 4 is 5.78 Å². The maximum Gasteiger partial charge on any atom is 0.184 e. The molecule has 0 spiro atoms. The van der Waals surface area contributed by atoms with Crippen molar-refractivity contribution in [1.29, 1.82) is 0 Å². The Balaban J connectivity index is 2.83. The Morgan fingerprint density at radius 1 is 1.25 bits per heavy atom. The van der Waals surface area contributed by atoms with Gasteiger partial charge >= 0.3 is 0 Å². The second-order valence-corrected chi connectivity index (χ2v) is 3.46. The maximum absolute atomic E-state index is 11.6. The summed E-state index contributed by atoms with van der Waals surface area (Å²) in [5.74, 6) is -1.53. The van der Waals surface area contributed by atoms with Gasteiger partial charge in [0.15, 0.2) is 5.78 Å². The van der Waals surface area contributed by atoms with E-state index in [0.29, 0.717) is 6.54 Å². The predicted molar refractivity (Wildman–Crippen MR) is 58.9 cm³/mol. The van der Waals surface area contributed by atoms with E-state index in [1.807, 2.05) is 6.92 Å². The molecule has 0 aliphatic heterocycles. The molecule has 0 heterocycles. The zero-order chi connectivity index (χ0) is 12.1. The largest absolute Gasteiger partial charge is 0.508 e. The van der Waals surface area contributed by atoms with Gasteiger partial charge in [0.2, 0.25) is 0 Å². The topological polar surface area (TPSA) is 89.8 Å². The summed E-state index contributed by atoms with van der Waals surface area (Å²) in [5.41, 5.74) is -0.165. The molecule has 0 fully saturated rings. The van der Waals surface area contributed by atoms with Crippen molar-refractivity contribution in [3.05, 3.63) is 17.7 Å². The molecule has 0 saturated carbocycles. The van der Waals surface area contributed by atoms with Gasteiger partial charge in [-0.3, -0.25) is 4.79 Å². The number of hydrogen-bond donors (Lipinski definition) is 4. The van der Waals surface area contributed by atoms with Crippen LogP contribution in [0.5, 0.6) is 17.2 Å². The lowest BCUT2D eigenvalue weighted by molar-refractivity contribution is 0.0986. The number of rotatable bonds is 5. The van der Waals surface area contributed by atoms with Gasteiger partial charge < -0.3 is 20.6 Å². The molecule has 0 radical (unpaired) electrons. The molecule has 0 unspecified atom stereocenters. The van der Waals surface area contributed by atoms with Gasteiger partial charge in [-0.05, 0) is 13.0 Å². The van der Waals surface area contributed by atoms with Gasteiger partial charge in [0.1, 0.15) is 22.8 Å². The van der Waals surface area contributed by atoms with E-state index in [-0.39, 0.29) is 17.9 Å². The highest BCUT2D eigenvalue weighted by Gasteiger charge is 2.16. The minimum Gasteiger partial charge on any atom is -0.508 e. The van der Waals surface area contributed by atoms with Gasteiger partial charge in [-0.1, -0.05) is 6.92 Å². The van der Waals surface area contributed by atoms with Crippen LogP contribution in [0.2, 0.25) is 0 Å². The average molecular weight is 225 g/mol. The monoisotopic (exact) mass is 225 g/mol. The van der Waals surface area contributed by atoms with E-state index in [1.54, 1.807) is 0 Å². The first-order valence-electron chi connectivity index (χ1n) is 5.05. The first kappa shape index (κ1) is 12.3. The van der Waals surface area contributed by atoms with Crippen molar-refractivity contribution < 1.29 is 20.1 Å². The molecule has 5 nitrogen and oxygen atoms in total. The summed E-state index contributed by atoms with van der Waals surface area (Å²) in [4.78, 5) is 11.6. The average Bonchev–Trinajstić information content (AvgIpc) is 2.16. The number of ketones is 1. The lowest BCUT2D eigenvalue weighted by Gasteiger charge is -2.07. The first-order chi connectivity index (χ1) is 7.56. The van der Waals surface area contributed by atoms with Gasteiger partial charge in [-0.25, -0.2) is 0 Å². The number of carbonyl (C=O) groups excluding carboxylic acids is 1. The van der Waals surface area contributed by atoms with E-state index in [1.165, 1.54) is 0 Å². The van der Waals surface area contributed by atoms with Crippen LogP contribution in [0.3, 0.4) is 0 Å². The Morgan fingerprint density at radius 2 is 1.81 bits per heavy atom. The van der Waals surface area contributed by atoms with E-state index in [2.05, 4.69) is 5.32 Å². The molecule has 0 aliphatic rings. The van der Waals surface area contributed by atoms with Crippen LogP contribution in [-0.4, -0.2) is 34.2 Å². The molecule has 0 atom stereocenters. The van der Waals surface area contributed by atoms with Gasteiger partial charge in [0.25, 0.3) is 0 Å². The van der Waals surface area contributed by atoms with Gasteiger partial charge in [-0.2, -0.15) is 0 Å². The number of phenols is 3. The SMILES string of the molecule is CCCNCC(=O)c1c(O)cc(O)cc1O. The number of benzene rings is 1. The van der Waals surface area contributed by atoms with Crippen molar-refractivity contribution in [2.24, 2.45) is 0 Å². The summed E-state index contributed by atoms with van der Waals surface area (Å²) in [5, 5.41) is 30.8. The number of carbonyl (C=O) groups is 1. The summed E-state index contributed by atoms with van der Waals surface area (Å²) in [7, 11) is 0. The van der Waals surface area contributed by atoms with E-state index in [4.69, 9.17) is 5.11 Å². The van der Waals surface area contributed by atoms with E-state index < -0.39 is 17.3 Å². The van der Waals surface area contributed by atoms with E-state index in [9.17, 15) is 15.0 Å². The van der Waals surface area contributed by atoms with Crippen LogP contribution in [0.4, 0.5) is 0 Å². The van der Waals surface area contributed by atoms with Gasteiger partial charge in [0, 0.05) is 12.1 Å². The van der Waals surface area contributed by atoms with Crippen LogP contribution in [-0.2, 0) is 0 Å². The molecule has 1 aromatic carbocycles. The second-order valence-electron chi connectivity index (χ2n) is 3.46. The minimum atomic E-state index is -0.416. The molecule has 4 N–H and O–H groups in total. The number of Topliss-reactive ketones (excluding diaryl/α,β-unsaturated/α-hetero) is 1. The van der Waals surface area contributed by atoms with E-state index in [0.717, 1.165) is 18.6 Å². The molecule has 0 saturated heterocycles. The Hall–Kier alpha value is -1.75. The highest BCUT2D eigenvalue weighted by molar-refractivity contribution is 6.02. The fourth-order valence-corrected chi connectivity index (χ4v) is 1.35. The van der Waals surface area contributed by atoms with Crippen molar-refractivity contribution in [3.63, 3.8) is 0 Å². The molecule has 0 aromatic heterocycles. The number of nitrogens with one attached hydrogen (secondary N) is 1. The summed E-state index contributed by atoms with van der Waals surface area (Å²) in [6.07, 6.45) is 0.890. The molecule has 0 amide bonds. The summed E-state index contributed by atoms with van der Waals surface area (Å²) in [6.45, 7) is 2.69. The maximum atomic E-state index is 11.6. The molecule has 1 rings (SSSR count).